The van der Waals surface area contributed by atoms with E-state index in [9.17, 15) is 14.0 Å². The third-order valence-electron chi connectivity index (χ3n) is 4.83. The lowest BCUT2D eigenvalue weighted by Crippen LogP contribution is -2.28. The molecule has 3 rings (SSSR count). The quantitative estimate of drug-likeness (QED) is 0.838. The number of anilines is 2. The van der Waals surface area contributed by atoms with Crippen LogP contribution in [0.15, 0.2) is 18.2 Å². The Morgan fingerprint density at radius 3 is 2.72 bits per heavy atom. The molecule has 7 heteroatoms. The van der Waals surface area contributed by atoms with Crippen LogP contribution in [0.3, 0.4) is 0 Å². The summed E-state index contributed by atoms with van der Waals surface area (Å²) in [7, 11) is 0. The van der Waals surface area contributed by atoms with Crippen LogP contribution in [0, 0.1) is 11.7 Å². The molecule has 2 fully saturated rings. The van der Waals surface area contributed by atoms with E-state index in [2.05, 4.69) is 10.6 Å². The van der Waals surface area contributed by atoms with Gasteiger partial charge >= 0.3 is 0 Å². The molecule has 0 saturated carbocycles. The smallest absolute Gasteiger partial charge is 0.227 e. The van der Waals surface area contributed by atoms with E-state index in [-0.39, 0.29) is 24.2 Å². The van der Waals surface area contributed by atoms with Crippen LogP contribution in [0.5, 0.6) is 0 Å². The molecule has 5 nitrogen and oxygen atoms in total. The fraction of sp³-hybridized carbons (Fsp3) is 0.556. The van der Waals surface area contributed by atoms with Crippen LogP contribution >= 0.6 is 12.4 Å². The zero-order chi connectivity index (χ0) is 16.9. The molecule has 2 heterocycles. The largest absolute Gasteiger partial charge is 0.326 e. The molecular weight excluding hydrogens is 345 g/mol. The van der Waals surface area contributed by atoms with Crippen molar-refractivity contribution in [3.63, 3.8) is 0 Å². The molecule has 2 aliphatic heterocycles. The highest BCUT2D eigenvalue weighted by atomic mass is 35.5. The maximum absolute atomic E-state index is 14.3. The Morgan fingerprint density at radius 1 is 1.32 bits per heavy atom. The number of rotatable bonds is 5. The summed E-state index contributed by atoms with van der Waals surface area (Å²) in [6.45, 7) is 2.60. The third-order valence-corrected chi connectivity index (χ3v) is 4.83. The maximum atomic E-state index is 14.3. The van der Waals surface area contributed by atoms with E-state index in [0.29, 0.717) is 36.7 Å². The minimum Gasteiger partial charge on any atom is -0.326 e. The molecular formula is C18H25ClFN3O2. The highest BCUT2D eigenvalue weighted by Gasteiger charge is 2.24. The Kier molecular flexibility index (Phi) is 7.20. The zero-order valence-corrected chi connectivity index (χ0v) is 15.0. The average Bonchev–Trinajstić information content (AvgIpc) is 3.00. The van der Waals surface area contributed by atoms with Crippen LogP contribution < -0.4 is 15.5 Å². The Morgan fingerprint density at radius 2 is 2.08 bits per heavy atom. The molecule has 0 atom stereocenters. The predicted octanol–water partition coefficient (Wildman–Crippen LogP) is 3.09. The third kappa shape index (κ3) is 5.16. The second kappa shape index (κ2) is 9.15. The Bertz CT molecular complexity index is 620. The van der Waals surface area contributed by atoms with Gasteiger partial charge in [0.25, 0.3) is 0 Å². The summed E-state index contributed by atoms with van der Waals surface area (Å²) < 4.78 is 14.3. The Balaban J connectivity index is 0.00000225. The lowest BCUT2D eigenvalue weighted by atomic mass is 9.93. The van der Waals surface area contributed by atoms with Gasteiger partial charge in [-0.1, -0.05) is 0 Å². The highest BCUT2D eigenvalue weighted by Crippen LogP contribution is 2.27. The SMILES string of the molecule is Cl.O=C(CCC1CCNCC1)Nc1ccc(N2CCCC2=O)c(F)c1. The molecule has 2 amide bonds. The number of carbonyl (C=O) groups is 2. The first-order valence-electron chi connectivity index (χ1n) is 8.74. The van der Waals surface area contributed by atoms with Crippen molar-refractivity contribution in [3.05, 3.63) is 24.0 Å². The Hall–Kier alpha value is -1.66. The molecule has 0 spiro atoms. The van der Waals surface area contributed by atoms with E-state index in [4.69, 9.17) is 0 Å². The van der Waals surface area contributed by atoms with Crippen LogP contribution in [-0.2, 0) is 9.59 Å². The maximum Gasteiger partial charge on any atom is 0.227 e. The van der Waals surface area contributed by atoms with Crippen molar-refractivity contribution in [1.82, 2.24) is 5.32 Å². The van der Waals surface area contributed by atoms with Crippen LogP contribution in [0.1, 0.15) is 38.5 Å². The fourth-order valence-electron chi connectivity index (χ4n) is 3.44. The van der Waals surface area contributed by atoms with E-state index < -0.39 is 5.82 Å². The van der Waals surface area contributed by atoms with Crippen molar-refractivity contribution in [3.8, 4) is 0 Å². The molecule has 2 aliphatic rings. The summed E-state index contributed by atoms with van der Waals surface area (Å²) in [6, 6.07) is 4.52. The monoisotopic (exact) mass is 369 g/mol. The molecule has 1 aromatic rings. The molecule has 0 radical (unpaired) electrons. The Labute approximate surface area is 153 Å². The van der Waals surface area contributed by atoms with Gasteiger partial charge in [-0.2, -0.15) is 0 Å². The summed E-state index contributed by atoms with van der Waals surface area (Å²) in [6.07, 6.45) is 4.78. The summed E-state index contributed by atoms with van der Waals surface area (Å²) in [5.41, 5.74) is 0.739. The minimum absolute atomic E-state index is 0. The van der Waals surface area contributed by atoms with Gasteiger partial charge in [0.15, 0.2) is 0 Å². The van der Waals surface area contributed by atoms with Gasteiger partial charge in [0.05, 0.1) is 5.69 Å². The first kappa shape index (κ1) is 19.7. The van der Waals surface area contributed by atoms with Gasteiger partial charge in [0, 0.05) is 25.1 Å². The topological polar surface area (TPSA) is 61.4 Å². The summed E-state index contributed by atoms with van der Waals surface area (Å²) in [4.78, 5) is 25.2. The zero-order valence-electron chi connectivity index (χ0n) is 14.2. The summed E-state index contributed by atoms with van der Waals surface area (Å²) >= 11 is 0. The van der Waals surface area contributed by atoms with E-state index in [0.717, 1.165) is 38.8 Å². The van der Waals surface area contributed by atoms with Crippen molar-refractivity contribution in [2.45, 2.75) is 38.5 Å². The van der Waals surface area contributed by atoms with Crippen molar-refractivity contribution >= 4 is 35.6 Å². The minimum atomic E-state index is -0.471. The molecule has 0 bridgehead atoms. The summed E-state index contributed by atoms with van der Waals surface area (Å²) in [5.74, 6) is -0.00992. The lowest BCUT2D eigenvalue weighted by molar-refractivity contribution is -0.117. The van der Waals surface area contributed by atoms with Gasteiger partial charge in [0.2, 0.25) is 11.8 Å². The van der Waals surface area contributed by atoms with Gasteiger partial charge in [-0.25, -0.2) is 4.39 Å². The van der Waals surface area contributed by atoms with Crippen LogP contribution in [0.25, 0.3) is 0 Å². The molecule has 2 saturated heterocycles. The number of amides is 2. The van der Waals surface area contributed by atoms with Gasteiger partial charge in [-0.15, -0.1) is 12.4 Å². The predicted molar refractivity (Wildman–Crippen MR) is 98.7 cm³/mol. The fourth-order valence-corrected chi connectivity index (χ4v) is 3.44. The number of carbonyl (C=O) groups excluding carboxylic acids is 2. The average molecular weight is 370 g/mol. The van der Waals surface area contributed by atoms with Crippen LogP contribution in [0.2, 0.25) is 0 Å². The second-order valence-electron chi connectivity index (χ2n) is 6.60. The van der Waals surface area contributed by atoms with Gasteiger partial charge in [-0.3, -0.25) is 9.59 Å². The molecule has 0 aromatic heterocycles. The van der Waals surface area contributed by atoms with Gasteiger partial charge in [0.1, 0.15) is 5.82 Å². The van der Waals surface area contributed by atoms with E-state index in [1.165, 1.54) is 11.0 Å². The molecule has 25 heavy (non-hydrogen) atoms. The van der Waals surface area contributed by atoms with Crippen LogP contribution in [0.4, 0.5) is 15.8 Å². The highest BCUT2D eigenvalue weighted by molar-refractivity contribution is 5.96. The molecule has 1 aromatic carbocycles. The second-order valence-corrected chi connectivity index (χ2v) is 6.60. The van der Waals surface area contributed by atoms with Gasteiger partial charge in [-0.05, 0) is 62.9 Å². The summed E-state index contributed by atoms with van der Waals surface area (Å²) in [5, 5.41) is 6.06. The number of piperidine rings is 1. The van der Waals surface area contributed by atoms with Gasteiger partial charge < -0.3 is 15.5 Å². The van der Waals surface area contributed by atoms with E-state index in [1.807, 2.05) is 0 Å². The number of nitrogens with one attached hydrogen (secondary N) is 2. The first-order valence-corrected chi connectivity index (χ1v) is 8.74. The van der Waals surface area contributed by atoms with Crippen LogP contribution in [-0.4, -0.2) is 31.4 Å². The van der Waals surface area contributed by atoms with Crippen molar-refractivity contribution in [1.29, 1.82) is 0 Å². The molecule has 2 N–H and O–H groups in total. The molecule has 0 unspecified atom stereocenters. The van der Waals surface area contributed by atoms with Crippen molar-refractivity contribution in [2.75, 3.05) is 29.9 Å². The number of halogens is 2. The van der Waals surface area contributed by atoms with Crippen molar-refractivity contribution in [2.24, 2.45) is 5.92 Å². The standard InChI is InChI=1S/C18H24FN3O2.ClH/c19-15-12-14(4-5-16(15)22-11-1-2-18(22)24)21-17(23)6-3-13-7-9-20-10-8-13;/h4-5,12-13,20H,1-3,6-11H2,(H,21,23);1H. The van der Waals surface area contributed by atoms with Crippen molar-refractivity contribution < 1.29 is 14.0 Å². The van der Waals surface area contributed by atoms with E-state index in [1.54, 1.807) is 12.1 Å². The number of benzene rings is 1. The molecule has 138 valence electrons. The number of hydrogen-bond acceptors (Lipinski definition) is 3. The normalized spacial score (nSPS) is 18.1. The van der Waals surface area contributed by atoms with E-state index >= 15 is 0 Å². The lowest BCUT2D eigenvalue weighted by Gasteiger charge is -2.22. The number of hydrogen-bond donors (Lipinski definition) is 2. The molecule has 0 aliphatic carbocycles. The first-order chi connectivity index (χ1) is 11.6. The number of nitrogens with zero attached hydrogens (tertiary/aromatic N) is 1.